The number of hydrogen-bond donors (Lipinski definition) is 1. The first-order valence-electron chi connectivity index (χ1n) is 5.13. The third-order valence-corrected chi connectivity index (χ3v) is 3.68. The molecular formula is C13H7ClF2N2S. The minimum atomic E-state index is -0.772. The fourth-order valence-corrected chi connectivity index (χ4v) is 2.64. The molecule has 0 fully saturated rings. The van der Waals surface area contributed by atoms with Gasteiger partial charge in [-0.1, -0.05) is 23.4 Å². The number of nitriles is 1. The molecule has 6 heteroatoms. The quantitative estimate of drug-likeness (QED) is 0.844. The van der Waals surface area contributed by atoms with Crippen LogP contribution in [0.1, 0.15) is 5.56 Å². The molecule has 0 heterocycles. The molecule has 0 aliphatic rings. The Hall–Kier alpha value is -1.77. The zero-order valence-corrected chi connectivity index (χ0v) is 11.0. The fraction of sp³-hybridized carbons (Fsp3) is 0. The van der Waals surface area contributed by atoms with Gasteiger partial charge in [0.25, 0.3) is 0 Å². The molecule has 2 N–H and O–H groups in total. The van der Waals surface area contributed by atoms with E-state index in [2.05, 4.69) is 0 Å². The maximum atomic E-state index is 13.7. The van der Waals surface area contributed by atoms with Crippen molar-refractivity contribution in [1.29, 1.82) is 5.26 Å². The molecule has 2 nitrogen and oxygen atoms in total. The summed E-state index contributed by atoms with van der Waals surface area (Å²) in [7, 11) is 0. The Labute approximate surface area is 117 Å². The molecule has 0 bridgehead atoms. The molecule has 0 amide bonds. The number of benzene rings is 2. The second-order valence-corrected chi connectivity index (χ2v) is 5.16. The Morgan fingerprint density at radius 2 is 1.79 bits per heavy atom. The van der Waals surface area contributed by atoms with Gasteiger partial charge in [0.2, 0.25) is 0 Å². The molecule has 0 aliphatic heterocycles. The summed E-state index contributed by atoms with van der Waals surface area (Å²) in [5.41, 5.74) is 5.64. The van der Waals surface area contributed by atoms with Gasteiger partial charge in [-0.15, -0.1) is 0 Å². The maximum absolute atomic E-state index is 13.7. The first-order chi connectivity index (χ1) is 9.01. The standard InChI is InChI=1S/C13H7ClF2N2S/c14-8-2-1-7(6-17)12(3-8)19-13-10(15)4-9(18)5-11(13)16/h1-5H,18H2. The lowest BCUT2D eigenvalue weighted by Gasteiger charge is -2.07. The highest BCUT2D eigenvalue weighted by atomic mass is 35.5. The minimum Gasteiger partial charge on any atom is -0.399 e. The molecule has 0 saturated carbocycles. The molecule has 0 saturated heterocycles. The Kier molecular flexibility index (Phi) is 3.93. The van der Waals surface area contributed by atoms with Gasteiger partial charge >= 0.3 is 0 Å². The lowest BCUT2D eigenvalue weighted by molar-refractivity contribution is 0.542. The van der Waals surface area contributed by atoms with Crippen molar-refractivity contribution in [2.45, 2.75) is 9.79 Å². The van der Waals surface area contributed by atoms with Crippen molar-refractivity contribution >= 4 is 29.1 Å². The highest BCUT2D eigenvalue weighted by Crippen LogP contribution is 2.36. The number of nitrogens with two attached hydrogens (primary N) is 1. The molecule has 0 aromatic heterocycles. The summed E-state index contributed by atoms with van der Waals surface area (Å²) in [4.78, 5) is 0.172. The van der Waals surface area contributed by atoms with Gasteiger partial charge < -0.3 is 5.73 Å². The van der Waals surface area contributed by atoms with E-state index in [-0.39, 0.29) is 10.6 Å². The van der Waals surface area contributed by atoms with E-state index in [0.29, 0.717) is 15.5 Å². The van der Waals surface area contributed by atoms with E-state index in [1.807, 2.05) is 6.07 Å². The summed E-state index contributed by atoms with van der Waals surface area (Å²) < 4.78 is 27.4. The van der Waals surface area contributed by atoms with Gasteiger partial charge in [0, 0.05) is 15.6 Å². The molecule has 2 aromatic rings. The molecule has 19 heavy (non-hydrogen) atoms. The van der Waals surface area contributed by atoms with Crippen LogP contribution in [-0.2, 0) is 0 Å². The molecule has 2 rings (SSSR count). The Balaban J connectivity index is 2.48. The molecular weight excluding hydrogens is 290 g/mol. The van der Waals surface area contributed by atoms with Crippen LogP contribution in [0.25, 0.3) is 0 Å². The van der Waals surface area contributed by atoms with Crippen molar-refractivity contribution in [2.24, 2.45) is 0 Å². The van der Waals surface area contributed by atoms with Crippen LogP contribution in [0.5, 0.6) is 0 Å². The second-order valence-electron chi connectivity index (χ2n) is 3.67. The van der Waals surface area contributed by atoms with E-state index >= 15 is 0 Å². The molecule has 0 aliphatic carbocycles. The number of nitrogen functional groups attached to an aromatic ring is 1. The van der Waals surface area contributed by atoms with E-state index in [4.69, 9.17) is 22.6 Å². The third kappa shape index (κ3) is 2.98. The first-order valence-corrected chi connectivity index (χ1v) is 6.32. The molecule has 0 atom stereocenters. The lowest BCUT2D eigenvalue weighted by Crippen LogP contribution is -1.93. The third-order valence-electron chi connectivity index (χ3n) is 2.30. The molecule has 0 spiro atoms. The smallest absolute Gasteiger partial charge is 0.142 e. The highest BCUT2D eigenvalue weighted by molar-refractivity contribution is 7.99. The van der Waals surface area contributed by atoms with Crippen molar-refractivity contribution in [3.63, 3.8) is 0 Å². The minimum absolute atomic E-state index is 0.00551. The van der Waals surface area contributed by atoms with Crippen LogP contribution in [-0.4, -0.2) is 0 Å². The summed E-state index contributed by atoms with van der Waals surface area (Å²) in [5.74, 6) is -1.54. The van der Waals surface area contributed by atoms with Gasteiger partial charge in [0.05, 0.1) is 10.5 Å². The Morgan fingerprint density at radius 3 is 2.37 bits per heavy atom. The number of rotatable bonds is 2. The Bertz CT molecular complexity index is 660. The van der Waals surface area contributed by atoms with Crippen LogP contribution in [0, 0.1) is 23.0 Å². The van der Waals surface area contributed by atoms with Crippen molar-refractivity contribution in [1.82, 2.24) is 0 Å². The Morgan fingerprint density at radius 1 is 1.16 bits per heavy atom. The van der Waals surface area contributed by atoms with Crippen LogP contribution < -0.4 is 5.73 Å². The average Bonchev–Trinajstić information content (AvgIpc) is 2.34. The van der Waals surface area contributed by atoms with E-state index in [1.54, 1.807) is 6.07 Å². The van der Waals surface area contributed by atoms with E-state index in [0.717, 1.165) is 23.9 Å². The number of anilines is 1. The van der Waals surface area contributed by atoms with Gasteiger partial charge in [0.15, 0.2) is 0 Å². The average molecular weight is 297 g/mol. The van der Waals surface area contributed by atoms with Crippen LogP contribution in [0.2, 0.25) is 5.02 Å². The monoisotopic (exact) mass is 296 g/mol. The van der Waals surface area contributed by atoms with Gasteiger partial charge in [-0.05, 0) is 30.3 Å². The van der Waals surface area contributed by atoms with Gasteiger partial charge in [-0.3, -0.25) is 0 Å². The van der Waals surface area contributed by atoms with E-state index in [1.165, 1.54) is 12.1 Å². The van der Waals surface area contributed by atoms with Crippen LogP contribution >= 0.6 is 23.4 Å². The summed E-state index contributed by atoms with van der Waals surface area (Å²) in [6.45, 7) is 0. The van der Waals surface area contributed by atoms with Crippen LogP contribution in [0.15, 0.2) is 40.1 Å². The number of nitrogens with zero attached hydrogens (tertiary/aromatic N) is 1. The van der Waals surface area contributed by atoms with Gasteiger partial charge in [-0.2, -0.15) is 5.26 Å². The van der Waals surface area contributed by atoms with Crippen molar-refractivity contribution in [2.75, 3.05) is 5.73 Å². The number of halogens is 3. The predicted molar refractivity (Wildman–Crippen MR) is 71.1 cm³/mol. The van der Waals surface area contributed by atoms with Gasteiger partial charge in [-0.25, -0.2) is 8.78 Å². The summed E-state index contributed by atoms with van der Waals surface area (Å²) in [6.07, 6.45) is 0. The van der Waals surface area contributed by atoms with Crippen molar-refractivity contribution in [3.05, 3.63) is 52.6 Å². The SMILES string of the molecule is N#Cc1ccc(Cl)cc1Sc1c(F)cc(N)cc1F. The van der Waals surface area contributed by atoms with E-state index in [9.17, 15) is 8.78 Å². The zero-order valence-electron chi connectivity index (χ0n) is 9.45. The van der Waals surface area contributed by atoms with Crippen molar-refractivity contribution in [3.8, 4) is 6.07 Å². The molecule has 0 unspecified atom stereocenters. The summed E-state index contributed by atoms with van der Waals surface area (Å²) in [5, 5.41) is 9.34. The molecule has 2 aromatic carbocycles. The number of hydrogen-bond acceptors (Lipinski definition) is 3. The highest BCUT2D eigenvalue weighted by Gasteiger charge is 2.14. The van der Waals surface area contributed by atoms with E-state index < -0.39 is 11.6 Å². The first kappa shape index (κ1) is 13.7. The second kappa shape index (κ2) is 5.47. The fourth-order valence-electron chi connectivity index (χ4n) is 1.46. The summed E-state index contributed by atoms with van der Waals surface area (Å²) in [6, 6.07) is 8.53. The summed E-state index contributed by atoms with van der Waals surface area (Å²) >= 11 is 6.62. The van der Waals surface area contributed by atoms with Gasteiger partial charge in [0.1, 0.15) is 17.7 Å². The van der Waals surface area contributed by atoms with Crippen LogP contribution in [0.3, 0.4) is 0 Å². The molecule has 0 radical (unpaired) electrons. The zero-order chi connectivity index (χ0) is 14.0. The maximum Gasteiger partial charge on any atom is 0.142 e. The molecule has 96 valence electrons. The normalized spacial score (nSPS) is 10.2. The van der Waals surface area contributed by atoms with Crippen LogP contribution in [0.4, 0.5) is 14.5 Å². The topological polar surface area (TPSA) is 49.8 Å². The lowest BCUT2D eigenvalue weighted by atomic mass is 10.2. The largest absolute Gasteiger partial charge is 0.399 e. The predicted octanol–water partition coefficient (Wildman–Crippen LogP) is 4.22. The van der Waals surface area contributed by atoms with Crippen molar-refractivity contribution < 1.29 is 8.78 Å².